The summed E-state index contributed by atoms with van der Waals surface area (Å²) in [7, 11) is -4.50. The van der Waals surface area contributed by atoms with Crippen molar-refractivity contribution in [3.05, 3.63) is 6.33 Å². The van der Waals surface area contributed by atoms with E-state index >= 15 is 0 Å². The van der Waals surface area contributed by atoms with E-state index in [-0.39, 0.29) is 17.1 Å². The largest absolute Gasteiger partial charge is 0.331 e. The normalized spacial score (nSPS) is 13.8. The monoisotopic (exact) mass is 281 g/mol. The maximum Gasteiger partial charge on any atom is 0.331 e. The molecule has 0 amide bonds. The van der Waals surface area contributed by atoms with Crippen molar-refractivity contribution < 1.29 is 17.8 Å². The number of hydrogen-bond acceptors (Lipinski definition) is 6. The summed E-state index contributed by atoms with van der Waals surface area (Å²) < 4.78 is 33.9. The molecule has 0 aliphatic carbocycles. The Morgan fingerprint density at radius 3 is 2.53 bits per heavy atom. The van der Waals surface area contributed by atoms with Crippen molar-refractivity contribution in [1.82, 2.24) is 15.2 Å². The summed E-state index contributed by atoms with van der Waals surface area (Å²) >= 11 is 0. The molecule has 1 N–H and O–H groups in total. The van der Waals surface area contributed by atoms with Gasteiger partial charge in [-0.05, 0) is 13.8 Å². The highest BCUT2D eigenvalue weighted by atomic mass is 32.2. The zero-order chi connectivity index (χ0) is 12.7. The average molecular weight is 281 g/mol. The van der Waals surface area contributed by atoms with Crippen molar-refractivity contribution in [3.8, 4) is 0 Å². The number of hydrogen-bond donors (Lipinski definition) is 1. The van der Waals surface area contributed by atoms with E-state index < -0.39 is 18.4 Å². The van der Waals surface area contributed by atoms with Crippen molar-refractivity contribution in [1.29, 1.82) is 0 Å². The fourth-order valence-corrected chi connectivity index (χ4v) is 4.34. The first-order valence-electron chi connectivity index (χ1n) is 5.23. The quantitative estimate of drug-likeness (QED) is 0.719. The van der Waals surface area contributed by atoms with Crippen LogP contribution in [0.15, 0.2) is 11.5 Å². The van der Waals surface area contributed by atoms with Crippen molar-refractivity contribution in [2.24, 2.45) is 0 Å². The van der Waals surface area contributed by atoms with Gasteiger partial charge in [-0.3, -0.25) is 13.9 Å². The molecule has 0 aliphatic heterocycles. The number of H-pyrrole nitrogens is 1. The molecule has 0 saturated heterocycles. The molecule has 1 rings (SSSR count). The summed E-state index contributed by atoms with van der Waals surface area (Å²) in [4.78, 5) is 3.77. The van der Waals surface area contributed by atoms with E-state index in [2.05, 4.69) is 15.2 Å². The molecule has 1 atom stereocenters. The summed E-state index contributed by atoms with van der Waals surface area (Å²) in [5, 5.41) is 6.37. The first-order valence-corrected chi connectivity index (χ1v) is 8.28. The number of rotatable bonds is 8. The molecule has 7 nitrogen and oxygen atoms in total. The number of nitrogens with one attached hydrogen (secondary N) is 1. The molecule has 0 spiro atoms. The maximum absolute atomic E-state index is 12.1. The molecule has 0 fully saturated rings. The Hall–Kier alpha value is -0.560. The number of nitrogens with zero attached hydrogens (tertiary/aromatic N) is 2. The highest BCUT2D eigenvalue weighted by molar-refractivity contribution is 7.85. The van der Waals surface area contributed by atoms with E-state index in [0.29, 0.717) is 13.2 Å². The van der Waals surface area contributed by atoms with Gasteiger partial charge in [0.05, 0.1) is 30.2 Å². The lowest BCUT2D eigenvalue weighted by atomic mass is 10.9. The first kappa shape index (κ1) is 14.5. The minimum Gasteiger partial charge on any atom is -0.309 e. The van der Waals surface area contributed by atoms with Gasteiger partial charge in [0.2, 0.25) is 5.16 Å². The Kier molecular flexibility index (Phi) is 5.97. The summed E-state index contributed by atoms with van der Waals surface area (Å²) in [5.74, 6) is 0.159. The van der Waals surface area contributed by atoms with Gasteiger partial charge in [0.1, 0.15) is 6.33 Å². The Morgan fingerprint density at radius 2 is 2.06 bits per heavy atom. The standard InChI is InChI=1S/C8H16N3O4PS/c1-3-14-16(12,15-4-2)5-6-17(13)8-9-7-10-11-8/h7H,3-6H2,1-2H3,(H,9,10,11). The molecule has 1 aromatic heterocycles. The predicted octanol–water partition coefficient (Wildman–Crippen LogP) is 1.18. The second-order valence-corrected chi connectivity index (χ2v) is 6.68. The van der Waals surface area contributed by atoms with Crippen molar-refractivity contribution >= 4 is 18.4 Å². The minimum atomic E-state index is -3.13. The number of aromatic amines is 1. The van der Waals surface area contributed by atoms with E-state index in [4.69, 9.17) is 9.05 Å². The molecule has 0 aliphatic rings. The molecule has 9 heteroatoms. The maximum atomic E-state index is 12.1. The van der Waals surface area contributed by atoms with Gasteiger partial charge >= 0.3 is 7.60 Å². The van der Waals surface area contributed by atoms with Crippen LogP contribution in [0.25, 0.3) is 0 Å². The predicted molar refractivity (Wildman–Crippen MR) is 63.4 cm³/mol. The molecule has 0 aromatic carbocycles. The second-order valence-electron chi connectivity index (χ2n) is 3.01. The highest BCUT2D eigenvalue weighted by Gasteiger charge is 2.25. The van der Waals surface area contributed by atoms with Crippen LogP contribution < -0.4 is 0 Å². The fraction of sp³-hybridized carbons (Fsp3) is 0.750. The van der Waals surface area contributed by atoms with Crippen LogP contribution in [0, 0.1) is 0 Å². The third kappa shape index (κ3) is 4.67. The van der Waals surface area contributed by atoms with Crippen LogP contribution in [0.5, 0.6) is 0 Å². The third-order valence-electron chi connectivity index (χ3n) is 1.81. The van der Waals surface area contributed by atoms with Crippen LogP contribution in [0.1, 0.15) is 13.8 Å². The van der Waals surface area contributed by atoms with Crippen LogP contribution in [-0.4, -0.2) is 44.5 Å². The summed E-state index contributed by atoms with van der Waals surface area (Å²) in [5.41, 5.74) is 0. The SMILES string of the molecule is CCOP(=O)(CCS(=O)c1ncn[nH]1)OCC. The zero-order valence-electron chi connectivity index (χ0n) is 9.79. The highest BCUT2D eigenvalue weighted by Crippen LogP contribution is 2.47. The minimum absolute atomic E-state index is 0.0992. The van der Waals surface area contributed by atoms with E-state index in [1.807, 2.05) is 0 Å². The van der Waals surface area contributed by atoms with Crippen LogP contribution in [0.2, 0.25) is 0 Å². The van der Waals surface area contributed by atoms with Gasteiger partial charge in [0, 0.05) is 5.75 Å². The molecule has 1 unspecified atom stereocenters. The van der Waals surface area contributed by atoms with Gasteiger partial charge in [0.15, 0.2) is 0 Å². The Labute approximate surface area is 102 Å². The van der Waals surface area contributed by atoms with Crippen LogP contribution in [0.4, 0.5) is 0 Å². The summed E-state index contributed by atoms with van der Waals surface area (Å²) in [6, 6.07) is 0. The van der Waals surface area contributed by atoms with E-state index in [9.17, 15) is 8.77 Å². The van der Waals surface area contributed by atoms with Gasteiger partial charge in [-0.2, -0.15) is 5.10 Å². The van der Waals surface area contributed by atoms with Gasteiger partial charge < -0.3 is 9.05 Å². The summed E-state index contributed by atoms with van der Waals surface area (Å²) in [6.07, 6.45) is 1.37. The molecule has 0 saturated carbocycles. The van der Waals surface area contributed by atoms with Gasteiger partial charge in [0.25, 0.3) is 0 Å². The lowest BCUT2D eigenvalue weighted by Crippen LogP contribution is -2.09. The Morgan fingerprint density at radius 1 is 1.41 bits per heavy atom. The smallest absolute Gasteiger partial charge is 0.309 e. The molecule has 0 radical (unpaired) electrons. The average Bonchev–Trinajstić information content (AvgIpc) is 2.80. The Bertz CT molecular complexity index is 387. The third-order valence-corrected chi connectivity index (χ3v) is 5.39. The zero-order valence-corrected chi connectivity index (χ0v) is 11.5. The lowest BCUT2D eigenvalue weighted by molar-refractivity contribution is 0.221. The van der Waals surface area contributed by atoms with Crippen molar-refractivity contribution in [3.63, 3.8) is 0 Å². The van der Waals surface area contributed by atoms with Gasteiger partial charge in [-0.25, -0.2) is 4.98 Å². The molecule has 17 heavy (non-hydrogen) atoms. The van der Waals surface area contributed by atoms with Gasteiger partial charge in [-0.1, -0.05) is 0 Å². The van der Waals surface area contributed by atoms with Crippen LogP contribution >= 0.6 is 7.60 Å². The number of aromatic nitrogens is 3. The topological polar surface area (TPSA) is 94.2 Å². The second kappa shape index (κ2) is 7.00. The van der Waals surface area contributed by atoms with Crippen LogP contribution in [0.3, 0.4) is 0 Å². The summed E-state index contributed by atoms with van der Waals surface area (Å²) in [6.45, 7) is 4.07. The fourth-order valence-electron chi connectivity index (χ4n) is 1.16. The lowest BCUT2D eigenvalue weighted by Gasteiger charge is -2.16. The van der Waals surface area contributed by atoms with E-state index in [1.54, 1.807) is 13.8 Å². The molecule has 1 heterocycles. The van der Waals surface area contributed by atoms with E-state index in [1.165, 1.54) is 6.33 Å². The molecule has 98 valence electrons. The molecule has 0 bridgehead atoms. The molecular formula is C8H16N3O4PS. The van der Waals surface area contributed by atoms with E-state index in [0.717, 1.165) is 0 Å². The first-order chi connectivity index (χ1) is 8.11. The van der Waals surface area contributed by atoms with Crippen molar-refractivity contribution in [2.75, 3.05) is 25.1 Å². The molecule has 1 aromatic rings. The van der Waals surface area contributed by atoms with Crippen LogP contribution in [-0.2, 0) is 24.4 Å². The Balaban J connectivity index is 2.52. The van der Waals surface area contributed by atoms with Gasteiger partial charge in [-0.15, -0.1) is 0 Å². The van der Waals surface area contributed by atoms with Crippen molar-refractivity contribution in [2.45, 2.75) is 19.0 Å². The molecular weight excluding hydrogens is 265 g/mol.